The van der Waals surface area contributed by atoms with Crippen molar-refractivity contribution in [3.05, 3.63) is 90.5 Å². The maximum atomic E-state index is 13.9. The average molecular weight is 611 g/mol. The number of likely N-dealkylation sites (tertiary alicyclic amines) is 1. The van der Waals surface area contributed by atoms with Crippen LogP contribution in [0.2, 0.25) is 0 Å². The molecule has 3 amide bonds. The number of rotatable bonds is 11. The summed E-state index contributed by atoms with van der Waals surface area (Å²) in [6.45, 7) is 11.0. The molecule has 7 heteroatoms. The van der Waals surface area contributed by atoms with Crippen LogP contribution in [-0.2, 0) is 11.3 Å². The molecule has 0 spiro atoms. The number of hydrogen-bond donors (Lipinski definition) is 1. The lowest BCUT2D eigenvalue weighted by molar-refractivity contribution is -0.143. The van der Waals surface area contributed by atoms with Crippen molar-refractivity contribution in [2.75, 3.05) is 43.0 Å². The molecule has 0 radical (unpaired) electrons. The fourth-order valence-electron chi connectivity index (χ4n) is 6.61. The predicted octanol–water partition coefficient (Wildman–Crippen LogP) is 7.83. The Labute approximate surface area is 269 Å². The smallest absolute Gasteiger partial charge is 0.326 e. The van der Waals surface area contributed by atoms with Gasteiger partial charge in [0, 0.05) is 48.5 Å². The number of carbonyl (C=O) groups is 2. The van der Waals surface area contributed by atoms with Gasteiger partial charge in [0.2, 0.25) is 5.91 Å². The topological polar surface area (TPSA) is 65.1 Å². The Bertz CT molecular complexity index is 1370. The largest absolute Gasteiger partial charge is 0.492 e. The van der Waals surface area contributed by atoms with E-state index in [-0.39, 0.29) is 23.9 Å². The van der Waals surface area contributed by atoms with Crippen molar-refractivity contribution in [2.24, 2.45) is 11.3 Å². The minimum absolute atomic E-state index is 0.120. The van der Waals surface area contributed by atoms with Crippen LogP contribution >= 0.6 is 0 Å². The Morgan fingerprint density at radius 2 is 1.60 bits per heavy atom. The highest BCUT2D eigenvalue weighted by molar-refractivity contribution is 6.01. The van der Waals surface area contributed by atoms with E-state index in [0.717, 1.165) is 68.0 Å². The van der Waals surface area contributed by atoms with Gasteiger partial charge in [-0.1, -0.05) is 81.8 Å². The third-order valence-corrected chi connectivity index (χ3v) is 9.01. The maximum Gasteiger partial charge on any atom is 0.326 e. The summed E-state index contributed by atoms with van der Waals surface area (Å²) in [6.07, 6.45) is 6.39. The lowest BCUT2D eigenvalue weighted by Gasteiger charge is -2.41. The van der Waals surface area contributed by atoms with E-state index >= 15 is 0 Å². The molecule has 5 rings (SSSR count). The van der Waals surface area contributed by atoms with E-state index in [4.69, 9.17) is 4.74 Å². The summed E-state index contributed by atoms with van der Waals surface area (Å²) in [5.74, 6) is 1.20. The summed E-state index contributed by atoms with van der Waals surface area (Å²) in [7, 11) is 0. The first-order valence-electron chi connectivity index (χ1n) is 16.7. The van der Waals surface area contributed by atoms with Crippen molar-refractivity contribution in [1.82, 2.24) is 9.80 Å². The van der Waals surface area contributed by atoms with Gasteiger partial charge in [-0.15, -0.1) is 0 Å². The second kappa shape index (κ2) is 15.4. The summed E-state index contributed by atoms with van der Waals surface area (Å²) in [4.78, 5) is 34.1. The zero-order chi connectivity index (χ0) is 31.6. The quantitative estimate of drug-likeness (QED) is 0.240. The number of benzene rings is 3. The van der Waals surface area contributed by atoms with Gasteiger partial charge in [-0.3, -0.25) is 14.6 Å². The highest BCUT2D eigenvalue weighted by Crippen LogP contribution is 2.34. The van der Waals surface area contributed by atoms with Crippen LogP contribution in [0.15, 0.2) is 84.9 Å². The molecule has 2 fully saturated rings. The fourth-order valence-corrected chi connectivity index (χ4v) is 6.61. The fraction of sp³-hybridized carbons (Fsp3) is 0.474. The Balaban J connectivity index is 1.33. The van der Waals surface area contributed by atoms with Gasteiger partial charge in [0.15, 0.2) is 0 Å². The van der Waals surface area contributed by atoms with Gasteiger partial charge >= 0.3 is 6.03 Å². The molecule has 0 unspecified atom stereocenters. The number of ether oxygens (including phenoxy) is 1. The third-order valence-electron chi connectivity index (χ3n) is 9.01. The standard InChI is InChI=1S/C38H50N4O3/c1-38(2,3)36(43)41(28-30-14-6-4-7-15-30)33-19-12-16-31(26-33)29-42(37(44)39-32-17-8-5-9-18-32)34-20-13-21-35(27-34)45-25-24-40-22-10-11-23-40/h4-9,13-15,17-18,20-21,27,31,33H,10-12,16,19,22-26,28-29H2,1-3H3,(H,39,44)/t31-,33+/m0/s1. The molecule has 240 valence electrons. The molecule has 3 aromatic carbocycles. The van der Waals surface area contributed by atoms with Crippen molar-refractivity contribution in [1.29, 1.82) is 0 Å². The van der Waals surface area contributed by atoms with E-state index in [0.29, 0.717) is 19.7 Å². The normalized spacial score (nSPS) is 18.7. The second-order valence-electron chi connectivity index (χ2n) is 13.7. The van der Waals surface area contributed by atoms with E-state index in [9.17, 15) is 9.59 Å². The van der Waals surface area contributed by atoms with Crippen LogP contribution in [0.5, 0.6) is 5.75 Å². The minimum Gasteiger partial charge on any atom is -0.492 e. The van der Waals surface area contributed by atoms with Gasteiger partial charge in [0.25, 0.3) is 0 Å². The van der Waals surface area contributed by atoms with Gasteiger partial charge in [-0.25, -0.2) is 4.79 Å². The first kappa shape index (κ1) is 32.6. The lowest BCUT2D eigenvalue weighted by atomic mass is 9.83. The number of nitrogens with one attached hydrogen (secondary N) is 1. The molecule has 2 atom stereocenters. The summed E-state index contributed by atoms with van der Waals surface area (Å²) in [5.41, 5.74) is 2.24. The van der Waals surface area contributed by atoms with Crippen LogP contribution < -0.4 is 15.0 Å². The molecule has 3 aromatic rings. The molecule has 0 aromatic heterocycles. The zero-order valence-electron chi connectivity index (χ0n) is 27.3. The van der Waals surface area contributed by atoms with Crippen LogP contribution in [-0.4, -0.2) is 60.6 Å². The number of para-hydroxylation sites is 1. The predicted molar refractivity (Wildman–Crippen MR) is 183 cm³/mol. The van der Waals surface area contributed by atoms with Gasteiger partial charge < -0.3 is 15.0 Å². The number of hydrogen-bond acceptors (Lipinski definition) is 4. The molecule has 1 N–H and O–H groups in total. The SMILES string of the molecule is CC(C)(C)C(=O)N(Cc1ccccc1)[C@@H]1CCC[C@H](CN(C(=O)Nc2ccccc2)c2cccc(OCCN3CCCC3)c2)C1. The molecule has 1 heterocycles. The molecule has 7 nitrogen and oxygen atoms in total. The van der Waals surface area contributed by atoms with E-state index in [1.165, 1.54) is 12.8 Å². The van der Waals surface area contributed by atoms with E-state index < -0.39 is 5.41 Å². The first-order chi connectivity index (χ1) is 21.8. The van der Waals surface area contributed by atoms with Crippen molar-refractivity contribution in [3.63, 3.8) is 0 Å². The molecule has 1 saturated heterocycles. The Morgan fingerprint density at radius 3 is 2.31 bits per heavy atom. The van der Waals surface area contributed by atoms with Gasteiger partial charge in [-0.2, -0.15) is 0 Å². The molecule has 1 aliphatic carbocycles. The Hall–Kier alpha value is -3.84. The highest BCUT2D eigenvalue weighted by atomic mass is 16.5. The van der Waals surface area contributed by atoms with Crippen molar-refractivity contribution in [3.8, 4) is 5.75 Å². The maximum absolute atomic E-state index is 13.9. The van der Waals surface area contributed by atoms with Crippen LogP contribution in [0.3, 0.4) is 0 Å². The monoisotopic (exact) mass is 610 g/mol. The Kier molecular flexibility index (Phi) is 11.2. The van der Waals surface area contributed by atoms with Crippen LogP contribution in [0, 0.1) is 11.3 Å². The zero-order valence-corrected chi connectivity index (χ0v) is 27.3. The minimum atomic E-state index is -0.474. The summed E-state index contributed by atoms with van der Waals surface area (Å²) < 4.78 is 6.17. The summed E-state index contributed by atoms with van der Waals surface area (Å²) in [5, 5.41) is 3.11. The number of carbonyl (C=O) groups excluding carboxylic acids is 2. The molecule has 2 aliphatic rings. The summed E-state index contributed by atoms with van der Waals surface area (Å²) >= 11 is 0. The number of nitrogens with zero attached hydrogens (tertiary/aromatic N) is 3. The van der Waals surface area contributed by atoms with Crippen molar-refractivity contribution in [2.45, 2.75) is 71.9 Å². The molecule has 0 bridgehead atoms. The molecular formula is C38H50N4O3. The van der Waals surface area contributed by atoms with Crippen LogP contribution in [0.4, 0.5) is 16.2 Å². The lowest BCUT2D eigenvalue weighted by Crippen LogP contribution is -2.48. The average Bonchev–Trinajstić information content (AvgIpc) is 3.57. The van der Waals surface area contributed by atoms with Gasteiger partial charge in [0.05, 0.1) is 0 Å². The van der Waals surface area contributed by atoms with E-state index in [2.05, 4.69) is 27.2 Å². The highest BCUT2D eigenvalue weighted by Gasteiger charge is 2.36. The van der Waals surface area contributed by atoms with Crippen molar-refractivity contribution >= 4 is 23.3 Å². The molecular weight excluding hydrogens is 560 g/mol. The molecule has 1 aliphatic heterocycles. The second-order valence-corrected chi connectivity index (χ2v) is 13.7. The van der Waals surface area contributed by atoms with Crippen LogP contribution in [0.1, 0.15) is 64.9 Å². The van der Waals surface area contributed by atoms with E-state index in [1.54, 1.807) is 0 Å². The molecule has 1 saturated carbocycles. The summed E-state index contributed by atoms with van der Waals surface area (Å²) in [6, 6.07) is 27.8. The van der Waals surface area contributed by atoms with E-state index in [1.807, 2.05) is 98.5 Å². The Morgan fingerprint density at radius 1 is 0.889 bits per heavy atom. The first-order valence-corrected chi connectivity index (χ1v) is 16.7. The van der Waals surface area contributed by atoms with Gasteiger partial charge in [0.1, 0.15) is 12.4 Å². The number of amides is 3. The van der Waals surface area contributed by atoms with Gasteiger partial charge in [-0.05, 0) is 80.9 Å². The number of anilines is 2. The number of urea groups is 1. The molecule has 45 heavy (non-hydrogen) atoms. The van der Waals surface area contributed by atoms with Crippen molar-refractivity contribution < 1.29 is 14.3 Å². The van der Waals surface area contributed by atoms with Crippen LogP contribution in [0.25, 0.3) is 0 Å². The third kappa shape index (κ3) is 9.33.